The van der Waals surface area contributed by atoms with E-state index in [4.69, 9.17) is 0 Å². The fourth-order valence-electron chi connectivity index (χ4n) is 2.17. The summed E-state index contributed by atoms with van der Waals surface area (Å²) in [6, 6.07) is 17.1. The Kier molecular flexibility index (Phi) is 5.98. The Hall–Kier alpha value is -2.33. The van der Waals surface area contributed by atoms with Crippen LogP contribution in [-0.4, -0.2) is 23.8 Å². The Morgan fingerprint density at radius 2 is 1.73 bits per heavy atom. The molecule has 2 aromatic carbocycles. The van der Waals surface area contributed by atoms with E-state index in [1.54, 1.807) is 0 Å². The van der Waals surface area contributed by atoms with Crippen LogP contribution in [0.4, 0.5) is 10.5 Å². The SMILES string of the molecule is CCc1ccc(NC(=O)NCC(O)Cc2ccccc2)cc1. The number of benzene rings is 2. The molecule has 0 fully saturated rings. The van der Waals surface area contributed by atoms with Gasteiger partial charge in [0.2, 0.25) is 0 Å². The minimum Gasteiger partial charge on any atom is -0.391 e. The summed E-state index contributed by atoms with van der Waals surface area (Å²) in [5.74, 6) is 0. The van der Waals surface area contributed by atoms with E-state index < -0.39 is 6.10 Å². The molecule has 4 heteroatoms. The fraction of sp³-hybridized carbons (Fsp3) is 0.278. The molecule has 1 unspecified atom stereocenters. The van der Waals surface area contributed by atoms with E-state index in [2.05, 4.69) is 17.6 Å². The van der Waals surface area contributed by atoms with Crippen LogP contribution in [0.15, 0.2) is 54.6 Å². The maximum Gasteiger partial charge on any atom is 0.319 e. The number of nitrogens with one attached hydrogen (secondary N) is 2. The van der Waals surface area contributed by atoms with Crippen molar-refractivity contribution in [1.29, 1.82) is 0 Å². The van der Waals surface area contributed by atoms with Crippen LogP contribution < -0.4 is 10.6 Å². The Bertz CT molecular complexity index is 582. The van der Waals surface area contributed by atoms with E-state index in [9.17, 15) is 9.90 Å². The lowest BCUT2D eigenvalue weighted by Gasteiger charge is -2.13. The van der Waals surface area contributed by atoms with Gasteiger partial charge < -0.3 is 15.7 Å². The highest BCUT2D eigenvalue weighted by molar-refractivity contribution is 5.89. The molecular formula is C18H22N2O2. The summed E-state index contributed by atoms with van der Waals surface area (Å²) in [4.78, 5) is 11.8. The average Bonchev–Trinajstić information content (AvgIpc) is 2.55. The van der Waals surface area contributed by atoms with Gasteiger partial charge in [-0.15, -0.1) is 0 Å². The van der Waals surface area contributed by atoms with Gasteiger partial charge in [0.05, 0.1) is 6.10 Å². The number of aliphatic hydroxyl groups is 1. The molecular weight excluding hydrogens is 276 g/mol. The smallest absolute Gasteiger partial charge is 0.319 e. The number of hydrogen-bond donors (Lipinski definition) is 3. The van der Waals surface area contributed by atoms with Crippen molar-refractivity contribution in [3.63, 3.8) is 0 Å². The van der Waals surface area contributed by atoms with Gasteiger partial charge in [-0.25, -0.2) is 4.79 Å². The zero-order valence-corrected chi connectivity index (χ0v) is 12.8. The highest BCUT2D eigenvalue weighted by atomic mass is 16.3. The Labute approximate surface area is 131 Å². The zero-order valence-electron chi connectivity index (χ0n) is 12.8. The standard InChI is InChI=1S/C18H22N2O2/c1-2-14-8-10-16(11-9-14)20-18(22)19-13-17(21)12-15-6-4-3-5-7-15/h3-11,17,21H,2,12-13H2,1H3,(H2,19,20,22). The molecule has 22 heavy (non-hydrogen) atoms. The first-order chi connectivity index (χ1) is 10.7. The van der Waals surface area contributed by atoms with Crippen molar-refractivity contribution in [2.45, 2.75) is 25.9 Å². The van der Waals surface area contributed by atoms with Gasteiger partial charge in [-0.3, -0.25) is 0 Å². The van der Waals surface area contributed by atoms with E-state index >= 15 is 0 Å². The van der Waals surface area contributed by atoms with E-state index in [0.717, 1.165) is 17.7 Å². The van der Waals surface area contributed by atoms with Crippen molar-refractivity contribution >= 4 is 11.7 Å². The normalized spacial score (nSPS) is 11.7. The van der Waals surface area contributed by atoms with Crippen LogP contribution in [0.3, 0.4) is 0 Å². The molecule has 2 amide bonds. The summed E-state index contributed by atoms with van der Waals surface area (Å²) in [5.41, 5.74) is 3.02. The molecule has 0 bridgehead atoms. The molecule has 4 nitrogen and oxygen atoms in total. The Morgan fingerprint density at radius 1 is 1.05 bits per heavy atom. The molecule has 0 saturated heterocycles. The number of carbonyl (C=O) groups is 1. The zero-order chi connectivity index (χ0) is 15.8. The van der Waals surface area contributed by atoms with Crippen molar-refractivity contribution in [3.05, 3.63) is 65.7 Å². The summed E-state index contributed by atoms with van der Waals surface area (Å²) in [6.45, 7) is 2.30. The molecule has 3 N–H and O–H groups in total. The summed E-state index contributed by atoms with van der Waals surface area (Å²) in [6.07, 6.45) is 0.889. The summed E-state index contributed by atoms with van der Waals surface area (Å²) in [5, 5.41) is 15.4. The minimum absolute atomic E-state index is 0.216. The molecule has 2 rings (SSSR count). The van der Waals surface area contributed by atoms with Gasteiger partial charge in [0, 0.05) is 18.7 Å². The predicted molar refractivity (Wildman–Crippen MR) is 89.0 cm³/mol. The number of amides is 2. The number of rotatable bonds is 6. The van der Waals surface area contributed by atoms with E-state index in [0.29, 0.717) is 6.42 Å². The van der Waals surface area contributed by atoms with Gasteiger partial charge in [0.15, 0.2) is 0 Å². The van der Waals surface area contributed by atoms with Crippen molar-refractivity contribution in [3.8, 4) is 0 Å². The Morgan fingerprint density at radius 3 is 2.36 bits per heavy atom. The Balaban J connectivity index is 1.74. The van der Waals surface area contributed by atoms with E-state index in [-0.39, 0.29) is 12.6 Å². The van der Waals surface area contributed by atoms with Gasteiger partial charge in [0.1, 0.15) is 0 Å². The van der Waals surface area contributed by atoms with Gasteiger partial charge in [-0.2, -0.15) is 0 Å². The topological polar surface area (TPSA) is 61.4 Å². The van der Waals surface area contributed by atoms with Crippen molar-refractivity contribution in [2.24, 2.45) is 0 Å². The second-order valence-electron chi connectivity index (χ2n) is 5.23. The lowest BCUT2D eigenvalue weighted by molar-refractivity contribution is 0.172. The first-order valence-electron chi connectivity index (χ1n) is 7.53. The van der Waals surface area contributed by atoms with E-state index in [1.165, 1.54) is 5.56 Å². The van der Waals surface area contributed by atoms with Gasteiger partial charge in [-0.1, -0.05) is 49.4 Å². The number of aryl methyl sites for hydroxylation is 1. The van der Waals surface area contributed by atoms with Crippen LogP contribution in [0.2, 0.25) is 0 Å². The third kappa shape index (κ3) is 5.22. The highest BCUT2D eigenvalue weighted by Crippen LogP contribution is 2.09. The molecule has 0 aromatic heterocycles. The highest BCUT2D eigenvalue weighted by Gasteiger charge is 2.08. The van der Waals surface area contributed by atoms with Crippen LogP contribution in [0, 0.1) is 0 Å². The average molecular weight is 298 g/mol. The molecule has 116 valence electrons. The first-order valence-corrected chi connectivity index (χ1v) is 7.53. The number of hydrogen-bond acceptors (Lipinski definition) is 2. The first kappa shape index (κ1) is 16.0. The van der Waals surface area contributed by atoms with Gasteiger partial charge in [0.25, 0.3) is 0 Å². The molecule has 0 heterocycles. The van der Waals surface area contributed by atoms with Crippen LogP contribution >= 0.6 is 0 Å². The number of urea groups is 1. The van der Waals surface area contributed by atoms with Gasteiger partial charge in [-0.05, 0) is 29.7 Å². The number of carbonyl (C=O) groups excluding carboxylic acids is 1. The van der Waals surface area contributed by atoms with Crippen LogP contribution in [-0.2, 0) is 12.8 Å². The van der Waals surface area contributed by atoms with Crippen molar-refractivity contribution in [2.75, 3.05) is 11.9 Å². The maximum atomic E-state index is 11.8. The minimum atomic E-state index is -0.601. The molecule has 0 aliphatic rings. The molecule has 0 aliphatic heterocycles. The third-order valence-electron chi connectivity index (χ3n) is 3.43. The summed E-state index contributed by atoms with van der Waals surface area (Å²) >= 11 is 0. The fourth-order valence-corrected chi connectivity index (χ4v) is 2.17. The van der Waals surface area contributed by atoms with Crippen LogP contribution in [0.1, 0.15) is 18.1 Å². The third-order valence-corrected chi connectivity index (χ3v) is 3.43. The van der Waals surface area contributed by atoms with Crippen molar-refractivity contribution in [1.82, 2.24) is 5.32 Å². The second kappa shape index (κ2) is 8.20. The van der Waals surface area contributed by atoms with Crippen LogP contribution in [0.25, 0.3) is 0 Å². The molecule has 0 saturated carbocycles. The molecule has 1 atom stereocenters. The lowest BCUT2D eigenvalue weighted by Crippen LogP contribution is -2.36. The second-order valence-corrected chi connectivity index (χ2v) is 5.23. The number of anilines is 1. The molecule has 0 spiro atoms. The largest absolute Gasteiger partial charge is 0.391 e. The molecule has 2 aromatic rings. The monoisotopic (exact) mass is 298 g/mol. The maximum absolute atomic E-state index is 11.8. The molecule has 0 radical (unpaired) electrons. The summed E-state index contributed by atoms with van der Waals surface area (Å²) in [7, 11) is 0. The molecule has 0 aliphatic carbocycles. The number of aliphatic hydroxyl groups excluding tert-OH is 1. The lowest BCUT2D eigenvalue weighted by atomic mass is 10.1. The van der Waals surface area contributed by atoms with Crippen molar-refractivity contribution < 1.29 is 9.90 Å². The van der Waals surface area contributed by atoms with Crippen LogP contribution in [0.5, 0.6) is 0 Å². The van der Waals surface area contributed by atoms with Gasteiger partial charge >= 0.3 is 6.03 Å². The summed E-state index contributed by atoms with van der Waals surface area (Å²) < 4.78 is 0. The van der Waals surface area contributed by atoms with E-state index in [1.807, 2.05) is 54.6 Å². The predicted octanol–water partition coefficient (Wildman–Crippen LogP) is 2.97. The quantitative estimate of drug-likeness (QED) is 0.768.